The summed E-state index contributed by atoms with van der Waals surface area (Å²) in [4.78, 5) is 12.1. The molecule has 0 aromatic rings. The van der Waals surface area contributed by atoms with Gasteiger partial charge >= 0.3 is 0 Å². The van der Waals surface area contributed by atoms with Crippen LogP contribution in [0.15, 0.2) is 0 Å². The summed E-state index contributed by atoms with van der Waals surface area (Å²) in [6, 6.07) is 0.501. The Morgan fingerprint density at radius 2 is 2.16 bits per heavy atom. The summed E-state index contributed by atoms with van der Waals surface area (Å²) in [5.41, 5.74) is 0. The molecule has 5 unspecified atom stereocenters. The maximum atomic E-state index is 12.1. The predicted molar refractivity (Wildman–Crippen MR) is 75.8 cm³/mol. The number of nitrogens with one attached hydrogen (secondary N) is 2. The number of aliphatic hydroxyl groups is 1. The first-order valence-corrected chi connectivity index (χ1v) is 7.83. The van der Waals surface area contributed by atoms with Crippen molar-refractivity contribution in [3.05, 3.63) is 0 Å². The quantitative estimate of drug-likeness (QED) is 0.707. The van der Waals surface area contributed by atoms with Crippen LogP contribution in [0.2, 0.25) is 0 Å². The van der Waals surface area contributed by atoms with Crippen LogP contribution in [-0.4, -0.2) is 35.7 Å². The van der Waals surface area contributed by atoms with E-state index in [1.165, 1.54) is 25.7 Å². The van der Waals surface area contributed by atoms with Crippen molar-refractivity contribution < 1.29 is 9.90 Å². The molecule has 1 saturated heterocycles. The van der Waals surface area contributed by atoms with E-state index in [0.29, 0.717) is 18.5 Å². The molecule has 4 heteroatoms. The van der Waals surface area contributed by atoms with Gasteiger partial charge in [-0.15, -0.1) is 0 Å². The molecule has 19 heavy (non-hydrogen) atoms. The first-order chi connectivity index (χ1) is 9.11. The van der Waals surface area contributed by atoms with Crippen molar-refractivity contribution in [1.82, 2.24) is 10.6 Å². The molecule has 1 amide bonds. The monoisotopic (exact) mass is 268 g/mol. The van der Waals surface area contributed by atoms with Gasteiger partial charge in [-0.25, -0.2) is 0 Å². The Balaban J connectivity index is 1.75. The molecule has 0 spiro atoms. The van der Waals surface area contributed by atoms with Gasteiger partial charge in [0.15, 0.2) is 0 Å². The molecule has 2 aliphatic rings. The van der Waals surface area contributed by atoms with E-state index in [1.54, 1.807) is 0 Å². The summed E-state index contributed by atoms with van der Waals surface area (Å²) >= 11 is 0. The smallest absolute Gasteiger partial charge is 0.237 e. The number of carbonyl (C=O) groups is 1. The molecule has 1 saturated carbocycles. The van der Waals surface area contributed by atoms with Crippen LogP contribution in [0.5, 0.6) is 0 Å². The number of hydrogen-bond acceptors (Lipinski definition) is 3. The third-order valence-electron chi connectivity index (χ3n) is 4.97. The van der Waals surface area contributed by atoms with Crippen molar-refractivity contribution >= 4 is 5.91 Å². The van der Waals surface area contributed by atoms with Crippen LogP contribution >= 0.6 is 0 Å². The van der Waals surface area contributed by atoms with Gasteiger partial charge in [0.2, 0.25) is 5.91 Å². The average molecular weight is 268 g/mol. The number of rotatable bonds is 5. The van der Waals surface area contributed by atoms with Gasteiger partial charge in [0, 0.05) is 12.6 Å². The van der Waals surface area contributed by atoms with Gasteiger partial charge in [0.25, 0.3) is 0 Å². The average Bonchev–Trinajstić information content (AvgIpc) is 2.87. The Morgan fingerprint density at radius 1 is 1.42 bits per heavy atom. The van der Waals surface area contributed by atoms with Gasteiger partial charge in [-0.2, -0.15) is 0 Å². The minimum absolute atomic E-state index is 0.0442. The number of fused-ring (bicyclic) bond motifs is 1. The third kappa shape index (κ3) is 3.69. The molecule has 3 N–H and O–H groups in total. The molecule has 4 nitrogen and oxygen atoms in total. The molecule has 1 aliphatic heterocycles. The van der Waals surface area contributed by atoms with E-state index in [9.17, 15) is 9.90 Å². The molecule has 5 atom stereocenters. The SMILES string of the molecule is CCC(C)C(O)CNC(=O)C1CC2CCCCC2N1. The lowest BCUT2D eigenvalue weighted by Crippen LogP contribution is -2.46. The minimum Gasteiger partial charge on any atom is -0.391 e. The van der Waals surface area contributed by atoms with Crippen molar-refractivity contribution in [2.75, 3.05) is 6.54 Å². The normalized spacial score (nSPS) is 33.5. The fraction of sp³-hybridized carbons (Fsp3) is 0.933. The topological polar surface area (TPSA) is 61.4 Å². The van der Waals surface area contributed by atoms with Crippen molar-refractivity contribution in [3.63, 3.8) is 0 Å². The van der Waals surface area contributed by atoms with Crippen molar-refractivity contribution in [2.45, 2.75) is 70.6 Å². The molecule has 1 aliphatic carbocycles. The van der Waals surface area contributed by atoms with Crippen molar-refractivity contribution in [3.8, 4) is 0 Å². The minimum atomic E-state index is -0.433. The molecule has 0 aromatic heterocycles. The van der Waals surface area contributed by atoms with E-state index >= 15 is 0 Å². The lowest BCUT2D eigenvalue weighted by Gasteiger charge is -2.24. The maximum Gasteiger partial charge on any atom is 0.237 e. The molecule has 2 fully saturated rings. The molecule has 0 radical (unpaired) electrons. The number of aliphatic hydroxyl groups excluding tert-OH is 1. The highest BCUT2D eigenvalue weighted by Gasteiger charge is 2.38. The first-order valence-electron chi connectivity index (χ1n) is 7.83. The highest BCUT2D eigenvalue weighted by Crippen LogP contribution is 2.33. The Morgan fingerprint density at radius 3 is 2.84 bits per heavy atom. The standard InChI is InChI=1S/C15H28N2O2/c1-3-10(2)14(18)9-16-15(19)13-8-11-6-4-5-7-12(11)17-13/h10-14,17-18H,3-9H2,1-2H3,(H,16,19). The van der Waals surface area contributed by atoms with E-state index in [1.807, 2.05) is 6.92 Å². The van der Waals surface area contributed by atoms with E-state index in [2.05, 4.69) is 17.6 Å². The van der Waals surface area contributed by atoms with Crippen molar-refractivity contribution in [1.29, 1.82) is 0 Å². The van der Waals surface area contributed by atoms with Gasteiger partial charge in [0.1, 0.15) is 0 Å². The summed E-state index contributed by atoms with van der Waals surface area (Å²) < 4.78 is 0. The van der Waals surface area contributed by atoms with Crippen molar-refractivity contribution in [2.24, 2.45) is 11.8 Å². The van der Waals surface area contributed by atoms with Gasteiger partial charge in [-0.3, -0.25) is 4.79 Å². The summed E-state index contributed by atoms with van der Waals surface area (Å²) in [6.07, 6.45) is 6.54. The molecular weight excluding hydrogens is 240 g/mol. The van der Waals surface area contributed by atoms with Gasteiger partial charge in [0.05, 0.1) is 12.1 Å². The number of carbonyl (C=O) groups excluding carboxylic acids is 1. The van der Waals surface area contributed by atoms with E-state index < -0.39 is 6.10 Å². The van der Waals surface area contributed by atoms with Crippen LogP contribution in [0.25, 0.3) is 0 Å². The zero-order chi connectivity index (χ0) is 13.8. The fourth-order valence-corrected chi connectivity index (χ4v) is 3.32. The molecular formula is C15H28N2O2. The second-order valence-corrected chi connectivity index (χ2v) is 6.30. The highest BCUT2D eigenvalue weighted by molar-refractivity contribution is 5.82. The van der Waals surface area contributed by atoms with Gasteiger partial charge < -0.3 is 15.7 Å². The van der Waals surface area contributed by atoms with Gasteiger partial charge in [-0.05, 0) is 31.1 Å². The summed E-state index contributed by atoms with van der Waals surface area (Å²) in [5.74, 6) is 0.986. The Hall–Kier alpha value is -0.610. The van der Waals surface area contributed by atoms with Crippen LogP contribution in [0.1, 0.15) is 52.4 Å². The largest absolute Gasteiger partial charge is 0.391 e. The number of hydrogen-bond donors (Lipinski definition) is 3. The van der Waals surface area contributed by atoms with Gasteiger partial charge in [-0.1, -0.05) is 33.1 Å². The second kappa shape index (κ2) is 6.71. The van der Waals surface area contributed by atoms with E-state index in [4.69, 9.17) is 0 Å². The van der Waals surface area contributed by atoms with Crippen LogP contribution in [-0.2, 0) is 4.79 Å². The second-order valence-electron chi connectivity index (χ2n) is 6.30. The number of amides is 1. The van der Waals surface area contributed by atoms with Crippen LogP contribution in [0, 0.1) is 11.8 Å². The highest BCUT2D eigenvalue weighted by atomic mass is 16.3. The lowest BCUT2D eigenvalue weighted by molar-refractivity contribution is -0.123. The molecule has 110 valence electrons. The molecule has 1 heterocycles. The summed E-state index contributed by atoms with van der Waals surface area (Å²) in [7, 11) is 0. The van der Waals surface area contributed by atoms with E-state index in [0.717, 1.165) is 12.8 Å². The lowest BCUT2D eigenvalue weighted by atomic mass is 9.85. The molecule has 2 rings (SSSR count). The Kier molecular flexibility index (Phi) is 5.22. The van der Waals surface area contributed by atoms with Crippen LogP contribution < -0.4 is 10.6 Å². The Labute approximate surface area is 116 Å². The predicted octanol–water partition coefficient (Wildman–Crippen LogP) is 1.43. The third-order valence-corrected chi connectivity index (χ3v) is 4.97. The van der Waals surface area contributed by atoms with E-state index in [-0.39, 0.29) is 17.9 Å². The fourth-order valence-electron chi connectivity index (χ4n) is 3.32. The molecule has 0 aromatic carbocycles. The first kappa shape index (κ1) is 14.8. The maximum absolute atomic E-state index is 12.1. The summed E-state index contributed by atoms with van der Waals surface area (Å²) in [6.45, 7) is 4.44. The summed E-state index contributed by atoms with van der Waals surface area (Å²) in [5, 5.41) is 16.2. The zero-order valence-electron chi connectivity index (χ0n) is 12.2. The van der Waals surface area contributed by atoms with Crippen LogP contribution in [0.4, 0.5) is 0 Å². The molecule has 0 bridgehead atoms. The zero-order valence-corrected chi connectivity index (χ0v) is 12.2. The van der Waals surface area contributed by atoms with Crippen LogP contribution in [0.3, 0.4) is 0 Å². The Bertz CT molecular complexity index is 295.